The minimum Gasteiger partial charge on any atom is -0.508 e. The number of hydrogen-bond acceptors (Lipinski definition) is 2. The maximum absolute atomic E-state index is 10.5. The number of phenols is 1. The Hall–Kier alpha value is -0.955. The molecule has 20 heavy (non-hydrogen) atoms. The quantitative estimate of drug-likeness (QED) is 0.806. The van der Waals surface area contributed by atoms with Crippen molar-refractivity contribution < 1.29 is 5.11 Å². The Morgan fingerprint density at radius 2 is 1.65 bits per heavy atom. The van der Waals surface area contributed by atoms with Gasteiger partial charge in [-0.05, 0) is 51.4 Å². The molecule has 1 aromatic rings. The van der Waals surface area contributed by atoms with E-state index < -0.39 is 0 Å². The van der Waals surface area contributed by atoms with Crippen LogP contribution in [0.4, 0.5) is 0 Å². The predicted molar refractivity (Wildman–Crippen MR) is 88.9 cm³/mol. The molecule has 3 heteroatoms. The molecule has 110 valence electrons. The van der Waals surface area contributed by atoms with E-state index in [0.29, 0.717) is 12.3 Å². The summed E-state index contributed by atoms with van der Waals surface area (Å²) < 4.78 is 0. The SMILES string of the molecule is Bc1c(O)c(CCN)cc2c1C(C)(C)C(C)(C)C2(C)C. The van der Waals surface area contributed by atoms with Crippen molar-refractivity contribution in [2.45, 2.75) is 58.8 Å². The van der Waals surface area contributed by atoms with Crippen molar-refractivity contribution in [1.29, 1.82) is 0 Å². The summed E-state index contributed by atoms with van der Waals surface area (Å²) in [5.74, 6) is 0.441. The third-order valence-electron chi connectivity index (χ3n) is 6.46. The Kier molecular flexibility index (Phi) is 3.29. The summed E-state index contributed by atoms with van der Waals surface area (Å²) in [5, 5.41) is 10.5. The average molecular weight is 273 g/mol. The summed E-state index contributed by atoms with van der Waals surface area (Å²) in [7, 11) is 2.05. The van der Waals surface area contributed by atoms with Crippen LogP contribution in [0.2, 0.25) is 0 Å². The first-order valence-corrected chi connectivity index (χ1v) is 7.56. The van der Waals surface area contributed by atoms with Crippen molar-refractivity contribution in [2.75, 3.05) is 6.54 Å². The van der Waals surface area contributed by atoms with Crippen molar-refractivity contribution in [1.82, 2.24) is 0 Å². The first kappa shape index (κ1) is 15.4. The molecule has 1 aliphatic carbocycles. The van der Waals surface area contributed by atoms with Gasteiger partial charge in [0.1, 0.15) is 13.6 Å². The summed E-state index contributed by atoms with van der Waals surface area (Å²) in [6.07, 6.45) is 0.733. The maximum atomic E-state index is 10.5. The van der Waals surface area contributed by atoms with E-state index in [9.17, 15) is 5.11 Å². The molecule has 0 aromatic heterocycles. The van der Waals surface area contributed by atoms with E-state index >= 15 is 0 Å². The van der Waals surface area contributed by atoms with Gasteiger partial charge in [0.2, 0.25) is 0 Å². The molecule has 1 aromatic carbocycles. The van der Waals surface area contributed by atoms with Crippen LogP contribution >= 0.6 is 0 Å². The molecule has 0 spiro atoms. The Bertz CT molecular complexity index is 559. The summed E-state index contributed by atoms with van der Waals surface area (Å²) in [6, 6.07) is 2.20. The molecule has 2 nitrogen and oxygen atoms in total. The number of phenolic OH excluding ortho intramolecular Hbond substituents is 1. The van der Waals surface area contributed by atoms with Crippen LogP contribution in [0.25, 0.3) is 0 Å². The molecule has 0 saturated heterocycles. The standard InChI is InChI=1S/C17H28BNO/c1-15(2)11-9-10(7-8-19)14(20)13(18)12(11)16(3,4)17(15,5)6/h9,20H,7-8,18-19H2,1-6H3. The largest absolute Gasteiger partial charge is 0.508 e. The molecule has 0 bridgehead atoms. The van der Waals surface area contributed by atoms with Crippen molar-refractivity contribution in [3.05, 3.63) is 22.8 Å². The topological polar surface area (TPSA) is 46.2 Å². The smallest absolute Gasteiger partial charge is 0.144 e. The first-order valence-electron chi connectivity index (χ1n) is 7.56. The van der Waals surface area contributed by atoms with Gasteiger partial charge in [0.05, 0.1) is 0 Å². The van der Waals surface area contributed by atoms with Crippen molar-refractivity contribution in [2.24, 2.45) is 11.1 Å². The number of hydrogen-bond donors (Lipinski definition) is 2. The molecule has 0 heterocycles. The van der Waals surface area contributed by atoms with Gasteiger partial charge < -0.3 is 10.8 Å². The minimum atomic E-state index is 0.0364. The van der Waals surface area contributed by atoms with Crippen LogP contribution in [0.3, 0.4) is 0 Å². The molecule has 0 unspecified atom stereocenters. The van der Waals surface area contributed by atoms with Crippen molar-refractivity contribution in [3.63, 3.8) is 0 Å². The molecule has 1 aliphatic rings. The van der Waals surface area contributed by atoms with Gasteiger partial charge in [0.25, 0.3) is 0 Å². The van der Waals surface area contributed by atoms with E-state index in [2.05, 4.69) is 47.6 Å². The monoisotopic (exact) mass is 273 g/mol. The number of rotatable bonds is 2. The maximum Gasteiger partial charge on any atom is 0.144 e. The molecule has 0 amide bonds. The van der Waals surface area contributed by atoms with Gasteiger partial charge in [-0.15, -0.1) is 0 Å². The van der Waals surface area contributed by atoms with Crippen LogP contribution in [0.5, 0.6) is 5.75 Å². The van der Waals surface area contributed by atoms with Crippen molar-refractivity contribution >= 4 is 13.3 Å². The molecule has 0 atom stereocenters. The van der Waals surface area contributed by atoms with Gasteiger partial charge in [-0.25, -0.2) is 0 Å². The number of aromatic hydroxyl groups is 1. The molecule has 0 fully saturated rings. The first-order chi connectivity index (χ1) is 9.00. The zero-order valence-corrected chi connectivity index (χ0v) is 14.0. The van der Waals surface area contributed by atoms with Crippen LogP contribution in [-0.4, -0.2) is 19.5 Å². The highest BCUT2D eigenvalue weighted by Gasteiger charge is 2.57. The molecule has 2 rings (SSSR count). The van der Waals surface area contributed by atoms with Crippen LogP contribution in [0, 0.1) is 5.41 Å². The zero-order valence-electron chi connectivity index (χ0n) is 14.0. The molecule has 0 radical (unpaired) electrons. The molecule has 3 N–H and O–H groups in total. The van der Waals surface area contributed by atoms with E-state index in [1.807, 2.05) is 7.85 Å². The van der Waals surface area contributed by atoms with Gasteiger partial charge in [-0.2, -0.15) is 0 Å². The molecular formula is C17H28BNO. The lowest BCUT2D eigenvalue weighted by Gasteiger charge is -2.44. The predicted octanol–water partition coefficient (Wildman–Crippen LogP) is 1.75. The van der Waals surface area contributed by atoms with E-state index in [1.165, 1.54) is 11.1 Å². The second kappa shape index (κ2) is 4.27. The Morgan fingerprint density at radius 1 is 1.10 bits per heavy atom. The van der Waals surface area contributed by atoms with Crippen LogP contribution in [-0.2, 0) is 17.3 Å². The van der Waals surface area contributed by atoms with Crippen LogP contribution < -0.4 is 11.2 Å². The fraction of sp³-hybridized carbons (Fsp3) is 0.647. The van der Waals surface area contributed by atoms with Crippen LogP contribution in [0.15, 0.2) is 6.07 Å². The van der Waals surface area contributed by atoms with E-state index in [1.54, 1.807) is 0 Å². The van der Waals surface area contributed by atoms with Gasteiger partial charge in [0, 0.05) is 0 Å². The zero-order chi connectivity index (χ0) is 15.5. The second-order valence-corrected chi connectivity index (χ2v) is 7.85. The highest BCUT2D eigenvalue weighted by atomic mass is 16.3. The number of benzene rings is 1. The van der Waals surface area contributed by atoms with Gasteiger partial charge >= 0.3 is 0 Å². The van der Waals surface area contributed by atoms with Crippen molar-refractivity contribution in [3.8, 4) is 5.75 Å². The summed E-state index contributed by atoms with van der Waals surface area (Å²) in [6.45, 7) is 14.5. The lowest BCUT2D eigenvalue weighted by atomic mass is 9.59. The van der Waals surface area contributed by atoms with E-state index in [-0.39, 0.29) is 16.2 Å². The summed E-state index contributed by atoms with van der Waals surface area (Å²) in [5.41, 5.74) is 10.7. The van der Waals surface area contributed by atoms with Gasteiger partial charge in [-0.3, -0.25) is 0 Å². The lowest BCUT2D eigenvalue weighted by Crippen LogP contribution is -2.43. The molecular weight excluding hydrogens is 245 g/mol. The second-order valence-electron chi connectivity index (χ2n) is 7.85. The number of nitrogens with two attached hydrogens (primary N) is 1. The highest BCUT2D eigenvalue weighted by Crippen LogP contribution is 2.61. The summed E-state index contributed by atoms with van der Waals surface area (Å²) >= 11 is 0. The fourth-order valence-corrected chi connectivity index (χ4v) is 3.95. The Balaban J connectivity index is 2.83. The van der Waals surface area contributed by atoms with E-state index in [0.717, 1.165) is 17.4 Å². The highest BCUT2D eigenvalue weighted by molar-refractivity contribution is 6.36. The van der Waals surface area contributed by atoms with Gasteiger partial charge in [-0.1, -0.05) is 47.6 Å². The Labute approximate surface area is 124 Å². The molecule has 0 aliphatic heterocycles. The Morgan fingerprint density at radius 3 is 2.15 bits per heavy atom. The van der Waals surface area contributed by atoms with Gasteiger partial charge in [0.15, 0.2) is 0 Å². The third kappa shape index (κ3) is 1.62. The summed E-state index contributed by atoms with van der Waals surface area (Å²) in [4.78, 5) is 0. The van der Waals surface area contributed by atoms with E-state index in [4.69, 9.17) is 5.73 Å². The lowest BCUT2D eigenvalue weighted by molar-refractivity contribution is 0.125. The normalized spacial score (nSPS) is 21.8. The fourth-order valence-electron chi connectivity index (χ4n) is 3.95. The third-order valence-corrected chi connectivity index (χ3v) is 6.46. The number of fused-ring (bicyclic) bond motifs is 1. The molecule has 0 saturated carbocycles. The van der Waals surface area contributed by atoms with Crippen LogP contribution in [0.1, 0.15) is 58.2 Å². The minimum absolute atomic E-state index is 0.0364. The average Bonchev–Trinajstić information content (AvgIpc) is 2.42.